The fourth-order valence-corrected chi connectivity index (χ4v) is 1.17. The zero-order valence-corrected chi connectivity index (χ0v) is 9.02. The largest absolute Gasteiger partial charge is 0.396 e. The Labute approximate surface area is 90.4 Å². The average Bonchev–Trinajstić information content (AvgIpc) is 2.28. The van der Waals surface area contributed by atoms with Crippen molar-refractivity contribution < 1.29 is 9.94 Å². The van der Waals surface area contributed by atoms with E-state index in [2.05, 4.69) is 5.16 Å². The van der Waals surface area contributed by atoms with Gasteiger partial charge in [-0.1, -0.05) is 35.5 Å². The zero-order valence-electron chi connectivity index (χ0n) is 9.02. The minimum absolute atomic E-state index is 0.200. The molecule has 0 unspecified atom stereocenters. The predicted molar refractivity (Wildman–Crippen MR) is 60.7 cm³/mol. The highest BCUT2D eigenvalue weighted by molar-refractivity contribution is 5.81. The highest BCUT2D eigenvalue weighted by Crippen LogP contribution is 2.01. The van der Waals surface area contributed by atoms with Crippen molar-refractivity contribution in [2.75, 3.05) is 6.61 Å². The van der Waals surface area contributed by atoms with Gasteiger partial charge in [0.05, 0.1) is 5.71 Å². The normalized spacial score (nSPS) is 11.5. The molecule has 0 aliphatic rings. The van der Waals surface area contributed by atoms with E-state index in [1.807, 2.05) is 37.3 Å². The molecule has 0 fully saturated rings. The van der Waals surface area contributed by atoms with E-state index < -0.39 is 0 Å². The van der Waals surface area contributed by atoms with Crippen LogP contribution in [-0.2, 0) is 11.4 Å². The zero-order chi connectivity index (χ0) is 10.9. The maximum Gasteiger partial charge on any atom is 0.142 e. The van der Waals surface area contributed by atoms with Gasteiger partial charge in [-0.05, 0) is 25.3 Å². The van der Waals surface area contributed by atoms with E-state index in [4.69, 9.17) is 9.94 Å². The lowest BCUT2D eigenvalue weighted by Gasteiger charge is -2.01. The third kappa shape index (κ3) is 5.18. The van der Waals surface area contributed by atoms with Gasteiger partial charge in [-0.2, -0.15) is 0 Å². The Morgan fingerprint density at radius 3 is 2.73 bits per heavy atom. The highest BCUT2D eigenvalue weighted by atomic mass is 16.6. The lowest BCUT2D eigenvalue weighted by molar-refractivity contribution is 0.129. The molecule has 0 aromatic heterocycles. The van der Waals surface area contributed by atoms with E-state index in [-0.39, 0.29) is 6.61 Å². The van der Waals surface area contributed by atoms with Crippen molar-refractivity contribution in [2.24, 2.45) is 5.16 Å². The van der Waals surface area contributed by atoms with Gasteiger partial charge in [-0.3, -0.25) is 0 Å². The van der Waals surface area contributed by atoms with Crippen molar-refractivity contribution in [3.63, 3.8) is 0 Å². The third-order valence-corrected chi connectivity index (χ3v) is 1.99. The fourth-order valence-electron chi connectivity index (χ4n) is 1.17. The molecule has 0 aliphatic carbocycles. The summed E-state index contributed by atoms with van der Waals surface area (Å²) >= 11 is 0. The molecular formula is C12H17NO2. The second kappa shape index (κ2) is 7.01. The Morgan fingerprint density at radius 1 is 1.33 bits per heavy atom. The molecule has 1 aromatic rings. The standard InChI is InChI=1S/C12H17NO2/c1-11(6-5-9-14)13-15-10-12-7-3-2-4-8-12/h2-4,7-8,14H,5-6,9-10H2,1H3/b13-11-. The molecule has 0 amide bonds. The lowest BCUT2D eigenvalue weighted by atomic mass is 10.2. The molecule has 0 spiro atoms. The second-order valence-corrected chi connectivity index (χ2v) is 3.41. The Hall–Kier alpha value is -1.35. The third-order valence-electron chi connectivity index (χ3n) is 1.99. The van der Waals surface area contributed by atoms with Crippen LogP contribution in [0.4, 0.5) is 0 Å². The maximum absolute atomic E-state index is 8.62. The molecule has 82 valence electrons. The van der Waals surface area contributed by atoms with Crippen molar-refractivity contribution >= 4 is 5.71 Å². The van der Waals surface area contributed by atoms with E-state index in [1.165, 1.54) is 0 Å². The summed E-state index contributed by atoms with van der Waals surface area (Å²) in [6, 6.07) is 9.92. The molecule has 1 rings (SSSR count). The molecule has 0 saturated heterocycles. The summed E-state index contributed by atoms with van der Waals surface area (Å²) in [6.45, 7) is 2.60. The molecule has 3 nitrogen and oxygen atoms in total. The lowest BCUT2D eigenvalue weighted by Crippen LogP contribution is -1.96. The van der Waals surface area contributed by atoms with E-state index in [1.54, 1.807) is 0 Å². The predicted octanol–water partition coefficient (Wildman–Crippen LogP) is 2.35. The molecular weight excluding hydrogens is 190 g/mol. The summed E-state index contributed by atoms with van der Waals surface area (Å²) in [6.07, 6.45) is 1.52. The van der Waals surface area contributed by atoms with E-state index in [9.17, 15) is 0 Å². The van der Waals surface area contributed by atoms with Gasteiger partial charge < -0.3 is 9.94 Å². The van der Waals surface area contributed by atoms with Crippen LogP contribution in [0.15, 0.2) is 35.5 Å². The van der Waals surface area contributed by atoms with E-state index >= 15 is 0 Å². The minimum Gasteiger partial charge on any atom is -0.396 e. The van der Waals surface area contributed by atoms with Crippen molar-refractivity contribution in [3.8, 4) is 0 Å². The van der Waals surface area contributed by atoms with Gasteiger partial charge in [0.25, 0.3) is 0 Å². The van der Waals surface area contributed by atoms with Crippen LogP contribution in [0, 0.1) is 0 Å². The molecule has 0 saturated carbocycles. The monoisotopic (exact) mass is 207 g/mol. The molecule has 15 heavy (non-hydrogen) atoms. The first-order chi connectivity index (χ1) is 7.33. The molecule has 0 bridgehead atoms. The molecule has 1 aromatic carbocycles. The smallest absolute Gasteiger partial charge is 0.142 e. The molecule has 1 N–H and O–H groups in total. The summed E-state index contributed by atoms with van der Waals surface area (Å²) in [4.78, 5) is 5.18. The number of rotatable bonds is 6. The summed E-state index contributed by atoms with van der Waals surface area (Å²) in [5, 5.41) is 12.6. The minimum atomic E-state index is 0.200. The van der Waals surface area contributed by atoms with Gasteiger partial charge in [-0.15, -0.1) is 0 Å². The summed E-state index contributed by atoms with van der Waals surface area (Å²) in [7, 11) is 0. The van der Waals surface area contributed by atoms with Gasteiger partial charge in [0.1, 0.15) is 6.61 Å². The Kier molecular flexibility index (Phi) is 5.48. The molecule has 3 heteroatoms. The van der Waals surface area contributed by atoms with Gasteiger partial charge in [0.2, 0.25) is 0 Å². The first kappa shape index (κ1) is 11.7. The van der Waals surface area contributed by atoms with Crippen LogP contribution in [0.3, 0.4) is 0 Å². The maximum atomic E-state index is 8.62. The van der Waals surface area contributed by atoms with Gasteiger partial charge in [-0.25, -0.2) is 0 Å². The quantitative estimate of drug-likeness (QED) is 0.574. The number of oxime groups is 1. The molecule has 0 radical (unpaired) electrons. The number of benzene rings is 1. The van der Waals surface area contributed by atoms with Crippen LogP contribution in [0.5, 0.6) is 0 Å². The number of aliphatic hydroxyl groups excluding tert-OH is 1. The number of hydrogen-bond acceptors (Lipinski definition) is 3. The number of aliphatic hydroxyl groups is 1. The summed E-state index contributed by atoms with van der Waals surface area (Å²) in [5.41, 5.74) is 2.02. The van der Waals surface area contributed by atoms with Crippen LogP contribution in [0.25, 0.3) is 0 Å². The average molecular weight is 207 g/mol. The van der Waals surface area contributed by atoms with E-state index in [0.29, 0.717) is 6.61 Å². The molecule has 0 heterocycles. The Bertz CT molecular complexity index is 296. The van der Waals surface area contributed by atoms with Crippen LogP contribution in [-0.4, -0.2) is 17.4 Å². The number of hydrogen-bond donors (Lipinski definition) is 1. The van der Waals surface area contributed by atoms with Crippen LogP contribution >= 0.6 is 0 Å². The first-order valence-electron chi connectivity index (χ1n) is 5.13. The Morgan fingerprint density at radius 2 is 2.07 bits per heavy atom. The highest BCUT2D eigenvalue weighted by Gasteiger charge is 1.93. The van der Waals surface area contributed by atoms with Crippen LogP contribution in [0.1, 0.15) is 25.3 Å². The fraction of sp³-hybridized carbons (Fsp3) is 0.417. The van der Waals surface area contributed by atoms with E-state index in [0.717, 1.165) is 24.1 Å². The van der Waals surface area contributed by atoms with Gasteiger partial charge in [0, 0.05) is 6.61 Å². The molecule has 0 aliphatic heterocycles. The second-order valence-electron chi connectivity index (χ2n) is 3.41. The van der Waals surface area contributed by atoms with Crippen molar-refractivity contribution in [2.45, 2.75) is 26.4 Å². The summed E-state index contributed by atoms with van der Waals surface area (Å²) < 4.78 is 0. The van der Waals surface area contributed by atoms with Gasteiger partial charge >= 0.3 is 0 Å². The first-order valence-corrected chi connectivity index (χ1v) is 5.13. The van der Waals surface area contributed by atoms with Gasteiger partial charge in [0.15, 0.2) is 0 Å². The van der Waals surface area contributed by atoms with Crippen molar-refractivity contribution in [3.05, 3.63) is 35.9 Å². The van der Waals surface area contributed by atoms with Crippen molar-refractivity contribution in [1.29, 1.82) is 0 Å². The SMILES string of the molecule is C/C(CCCO)=N/OCc1ccccc1. The Balaban J connectivity index is 2.26. The van der Waals surface area contributed by atoms with Crippen LogP contribution in [0.2, 0.25) is 0 Å². The van der Waals surface area contributed by atoms with Crippen molar-refractivity contribution in [1.82, 2.24) is 0 Å². The summed E-state index contributed by atoms with van der Waals surface area (Å²) in [5.74, 6) is 0. The van der Waals surface area contributed by atoms with Crippen LogP contribution < -0.4 is 0 Å². The molecule has 0 atom stereocenters. The number of nitrogens with zero attached hydrogens (tertiary/aromatic N) is 1. The topological polar surface area (TPSA) is 41.8 Å².